The first-order valence-corrected chi connectivity index (χ1v) is 8.01. The van der Waals surface area contributed by atoms with Crippen LogP contribution in [0, 0.1) is 5.92 Å². The lowest BCUT2D eigenvalue weighted by molar-refractivity contribution is -0.123. The number of amides is 1. The number of carbonyl (C=O) groups is 1. The summed E-state index contributed by atoms with van der Waals surface area (Å²) in [5.74, 6) is 0.811. The minimum Gasteiger partial charge on any atom is -0.369 e. The molecule has 3 rings (SSSR count). The molecule has 1 unspecified atom stereocenters. The zero-order valence-electron chi connectivity index (χ0n) is 12.0. The molecule has 2 aromatic rings. The summed E-state index contributed by atoms with van der Waals surface area (Å²) in [6.07, 6.45) is 1.82. The van der Waals surface area contributed by atoms with Crippen LogP contribution in [0.1, 0.15) is 18.7 Å². The molecule has 116 valence electrons. The van der Waals surface area contributed by atoms with Gasteiger partial charge in [-0.05, 0) is 31.5 Å². The van der Waals surface area contributed by atoms with Crippen molar-refractivity contribution >= 4 is 21.8 Å². The first kappa shape index (κ1) is 15.2. The lowest BCUT2D eigenvalue weighted by atomic mass is 9.97. The van der Waals surface area contributed by atoms with Gasteiger partial charge in [0, 0.05) is 16.6 Å². The molecule has 0 saturated carbocycles. The van der Waals surface area contributed by atoms with Crippen LogP contribution in [0.4, 0.5) is 0 Å². The monoisotopic (exact) mass is 364 g/mol. The van der Waals surface area contributed by atoms with Gasteiger partial charge in [-0.2, -0.15) is 4.98 Å². The number of nitrogens with zero attached hydrogens (tertiary/aromatic N) is 3. The van der Waals surface area contributed by atoms with Gasteiger partial charge in [0.2, 0.25) is 17.6 Å². The predicted molar refractivity (Wildman–Crippen MR) is 84.6 cm³/mol. The molecule has 1 aliphatic heterocycles. The molecule has 1 fully saturated rings. The van der Waals surface area contributed by atoms with Crippen molar-refractivity contribution in [1.82, 2.24) is 15.0 Å². The molecule has 1 aromatic heterocycles. The van der Waals surface area contributed by atoms with E-state index >= 15 is 0 Å². The third kappa shape index (κ3) is 3.53. The predicted octanol–water partition coefficient (Wildman–Crippen LogP) is 2.20. The molecule has 1 aliphatic rings. The minimum atomic E-state index is -0.231. The number of primary amides is 1. The van der Waals surface area contributed by atoms with Gasteiger partial charge in [-0.15, -0.1) is 0 Å². The van der Waals surface area contributed by atoms with E-state index in [1.54, 1.807) is 0 Å². The summed E-state index contributed by atoms with van der Waals surface area (Å²) in [5.41, 5.74) is 6.30. The normalized spacial score (nSPS) is 19.2. The lowest BCUT2D eigenvalue weighted by Gasteiger charge is -2.29. The first-order chi connectivity index (χ1) is 10.6. The number of halogens is 1. The highest BCUT2D eigenvalue weighted by Crippen LogP contribution is 2.22. The maximum Gasteiger partial charge on any atom is 0.241 e. The number of rotatable bonds is 4. The van der Waals surface area contributed by atoms with E-state index in [-0.39, 0.29) is 11.8 Å². The molecular formula is C15H17BrN4O2. The van der Waals surface area contributed by atoms with Crippen molar-refractivity contribution in [2.24, 2.45) is 11.7 Å². The fourth-order valence-corrected chi connectivity index (χ4v) is 3.09. The number of carbonyl (C=O) groups excluding carboxylic acids is 1. The molecule has 1 atom stereocenters. The molecule has 2 N–H and O–H groups in total. The van der Waals surface area contributed by atoms with Gasteiger partial charge in [-0.1, -0.05) is 33.2 Å². The second-order valence-electron chi connectivity index (χ2n) is 5.50. The highest BCUT2D eigenvalue weighted by Gasteiger charge is 2.25. The second kappa shape index (κ2) is 6.58. The Morgan fingerprint density at radius 1 is 1.50 bits per heavy atom. The SMILES string of the molecule is NC(=O)C1CCCN(Cc2nc(-c3cccc(Br)c3)no2)C1. The van der Waals surface area contributed by atoms with Crippen molar-refractivity contribution in [2.45, 2.75) is 19.4 Å². The third-order valence-corrected chi connectivity index (χ3v) is 4.31. The van der Waals surface area contributed by atoms with Crippen LogP contribution < -0.4 is 5.73 Å². The maximum absolute atomic E-state index is 11.3. The Kier molecular flexibility index (Phi) is 4.54. The number of likely N-dealkylation sites (tertiary alicyclic amines) is 1. The van der Waals surface area contributed by atoms with E-state index in [9.17, 15) is 4.79 Å². The van der Waals surface area contributed by atoms with Crippen molar-refractivity contribution in [3.63, 3.8) is 0 Å². The van der Waals surface area contributed by atoms with Crippen LogP contribution in [-0.2, 0) is 11.3 Å². The molecule has 1 amide bonds. The second-order valence-corrected chi connectivity index (χ2v) is 6.41. The van der Waals surface area contributed by atoms with Crippen molar-refractivity contribution in [3.8, 4) is 11.4 Å². The molecular weight excluding hydrogens is 348 g/mol. The Morgan fingerprint density at radius 3 is 3.14 bits per heavy atom. The number of nitrogens with two attached hydrogens (primary N) is 1. The average molecular weight is 365 g/mol. The fraction of sp³-hybridized carbons (Fsp3) is 0.400. The number of hydrogen-bond donors (Lipinski definition) is 1. The Labute approximate surface area is 136 Å². The van der Waals surface area contributed by atoms with Gasteiger partial charge in [-0.25, -0.2) is 0 Å². The lowest BCUT2D eigenvalue weighted by Crippen LogP contribution is -2.40. The first-order valence-electron chi connectivity index (χ1n) is 7.22. The van der Waals surface area contributed by atoms with Crippen molar-refractivity contribution in [2.75, 3.05) is 13.1 Å². The van der Waals surface area contributed by atoms with Crippen LogP contribution in [0.25, 0.3) is 11.4 Å². The van der Waals surface area contributed by atoms with E-state index < -0.39 is 0 Å². The smallest absolute Gasteiger partial charge is 0.241 e. The number of hydrogen-bond acceptors (Lipinski definition) is 5. The molecule has 6 nitrogen and oxygen atoms in total. The molecule has 0 spiro atoms. The molecule has 1 aromatic carbocycles. The number of piperidine rings is 1. The van der Waals surface area contributed by atoms with Gasteiger partial charge in [0.25, 0.3) is 0 Å². The summed E-state index contributed by atoms with van der Waals surface area (Å²) in [4.78, 5) is 17.9. The van der Waals surface area contributed by atoms with E-state index in [4.69, 9.17) is 10.3 Å². The Hall–Kier alpha value is -1.73. The van der Waals surface area contributed by atoms with Crippen LogP contribution >= 0.6 is 15.9 Å². The molecule has 0 aliphatic carbocycles. The van der Waals surface area contributed by atoms with Gasteiger partial charge in [-0.3, -0.25) is 9.69 Å². The van der Waals surface area contributed by atoms with Gasteiger partial charge in [0.05, 0.1) is 12.5 Å². The van der Waals surface area contributed by atoms with Crippen molar-refractivity contribution in [1.29, 1.82) is 0 Å². The Balaban J connectivity index is 1.68. The fourth-order valence-electron chi connectivity index (χ4n) is 2.69. The zero-order chi connectivity index (χ0) is 15.5. The van der Waals surface area contributed by atoms with Gasteiger partial charge in [0.15, 0.2) is 0 Å². The van der Waals surface area contributed by atoms with E-state index in [0.29, 0.717) is 24.8 Å². The summed E-state index contributed by atoms with van der Waals surface area (Å²) >= 11 is 3.43. The third-order valence-electron chi connectivity index (χ3n) is 3.82. The highest BCUT2D eigenvalue weighted by atomic mass is 79.9. The summed E-state index contributed by atoms with van der Waals surface area (Å²) in [5, 5.41) is 4.02. The van der Waals surface area contributed by atoms with E-state index in [1.807, 2.05) is 24.3 Å². The molecule has 2 heterocycles. The summed E-state index contributed by atoms with van der Waals surface area (Å²) in [7, 11) is 0. The summed E-state index contributed by atoms with van der Waals surface area (Å²) in [6.45, 7) is 2.12. The van der Waals surface area contributed by atoms with Crippen LogP contribution in [0.3, 0.4) is 0 Å². The molecule has 0 radical (unpaired) electrons. The van der Waals surface area contributed by atoms with Crippen LogP contribution in [0.5, 0.6) is 0 Å². The standard InChI is InChI=1S/C15H17BrN4O2/c16-12-5-1-3-10(7-12)15-18-13(22-19-15)9-20-6-2-4-11(8-20)14(17)21/h1,3,5,7,11H,2,4,6,8-9H2,(H2,17,21). The topological polar surface area (TPSA) is 85.3 Å². The van der Waals surface area contributed by atoms with Gasteiger partial charge >= 0.3 is 0 Å². The molecule has 7 heteroatoms. The molecule has 22 heavy (non-hydrogen) atoms. The quantitative estimate of drug-likeness (QED) is 0.898. The average Bonchev–Trinajstić information content (AvgIpc) is 2.96. The van der Waals surface area contributed by atoms with Gasteiger partial charge < -0.3 is 10.3 Å². The highest BCUT2D eigenvalue weighted by molar-refractivity contribution is 9.10. The number of benzene rings is 1. The van der Waals surface area contributed by atoms with Gasteiger partial charge in [0.1, 0.15) is 0 Å². The number of aromatic nitrogens is 2. The minimum absolute atomic E-state index is 0.0822. The molecule has 0 bridgehead atoms. The van der Waals surface area contributed by atoms with Crippen molar-refractivity contribution < 1.29 is 9.32 Å². The van der Waals surface area contributed by atoms with Crippen LogP contribution in [0.15, 0.2) is 33.3 Å². The van der Waals surface area contributed by atoms with Crippen LogP contribution in [0.2, 0.25) is 0 Å². The molecule has 1 saturated heterocycles. The largest absolute Gasteiger partial charge is 0.369 e. The summed E-state index contributed by atoms with van der Waals surface area (Å²) in [6, 6.07) is 7.75. The van der Waals surface area contributed by atoms with E-state index in [2.05, 4.69) is 31.0 Å². The van der Waals surface area contributed by atoms with Crippen LogP contribution in [-0.4, -0.2) is 34.0 Å². The maximum atomic E-state index is 11.3. The Morgan fingerprint density at radius 2 is 2.36 bits per heavy atom. The van der Waals surface area contributed by atoms with E-state index in [1.165, 1.54) is 0 Å². The Bertz CT molecular complexity index is 673. The zero-order valence-corrected chi connectivity index (χ0v) is 13.6. The van der Waals surface area contributed by atoms with E-state index in [0.717, 1.165) is 29.4 Å². The summed E-state index contributed by atoms with van der Waals surface area (Å²) < 4.78 is 6.29. The van der Waals surface area contributed by atoms with Crippen molar-refractivity contribution in [3.05, 3.63) is 34.6 Å².